The number of alkyl carbamates (subject to hydrolysis) is 1. The minimum atomic E-state index is -4.28. The minimum Gasteiger partial charge on any atom is -0.449 e. The van der Waals surface area contributed by atoms with Gasteiger partial charge in [0.05, 0.1) is 24.7 Å². The number of aromatic nitrogens is 1. The topological polar surface area (TPSA) is 265 Å². The van der Waals surface area contributed by atoms with Crippen LogP contribution in [-0.4, -0.2) is 104 Å². The number of nitrogens with zero attached hydrogens (tertiary/aromatic N) is 2. The van der Waals surface area contributed by atoms with Gasteiger partial charge in [-0.15, -0.1) is 0 Å². The quantitative estimate of drug-likeness (QED) is 0.0951. The molecular weight excluding hydrogens is 821 g/mol. The molecule has 2 unspecified atom stereocenters. The molecule has 1 saturated heterocycles. The van der Waals surface area contributed by atoms with Gasteiger partial charge in [0.15, 0.2) is 0 Å². The first-order chi connectivity index (χ1) is 29.6. The zero-order chi connectivity index (χ0) is 45.0. The molecule has 1 aliphatic heterocycles. The summed E-state index contributed by atoms with van der Waals surface area (Å²) in [5, 5.41) is 10.6. The maximum absolute atomic E-state index is 14.7. The molecule has 1 aliphatic carbocycles. The highest BCUT2D eigenvalue weighted by Crippen LogP contribution is 2.31. The summed E-state index contributed by atoms with van der Waals surface area (Å²) in [5.41, 5.74) is 6.12. The van der Waals surface area contributed by atoms with Gasteiger partial charge in [0.1, 0.15) is 23.0 Å². The fourth-order valence-electron chi connectivity index (χ4n) is 7.84. The average molecular weight is 877 g/mol. The first kappa shape index (κ1) is 47.1. The van der Waals surface area contributed by atoms with Gasteiger partial charge in [-0.3, -0.25) is 33.8 Å². The van der Waals surface area contributed by atoms with Crippen LogP contribution < -0.4 is 31.7 Å². The number of fused-ring (bicyclic) bond motifs is 1. The van der Waals surface area contributed by atoms with Crippen molar-refractivity contribution in [3.63, 3.8) is 0 Å². The zero-order valence-corrected chi connectivity index (χ0v) is 35.9. The van der Waals surface area contributed by atoms with Gasteiger partial charge < -0.3 is 36.6 Å². The highest BCUT2D eigenvalue weighted by Gasteiger charge is 2.46. The van der Waals surface area contributed by atoms with E-state index < -0.39 is 88.2 Å². The summed E-state index contributed by atoms with van der Waals surface area (Å²) in [6, 6.07) is 10.2. The van der Waals surface area contributed by atoms with E-state index in [0.29, 0.717) is 30.2 Å². The number of sulfonamides is 1. The second-order valence-electron chi connectivity index (χ2n) is 16.1. The van der Waals surface area contributed by atoms with Crippen LogP contribution in [0.2, 0.25) is 0 Å². The summed E-state index contributed by atoms with van der Waals surface area (Å²) in [5.74, 6) is -5.65. The Morgan fingerprint density at radius 2 is 1.61 bits per heavy atom. The number of primary amides is 1. The molecular formula is C43H56N8O10S. The molecule has 5 atom stereocenters. The number of hydrogen-bond acceptors (Lipinski definition) is 11. The molecule has 0 bridgehead atoms. The van der Waals surface area contributed by atoms with Gasteiger partial charge in [0.2, 0.25) is 39.4 Å². The van der Waals surface area contributed by atoms with Crippen molar-refractivity contribution in [3.8, 4) is 0 Å². The van der Waals surface area contributed by atoms with Gasteiger partial charge in [-0.05, 0) is 55.2 Å². The Labute approximate surface area is 360 Å². The Balaban J connectivity index is 1.36. The summed E-state index contributed by atoms with van der Waals surface area (Å²) in [7, 11) is -4.28. The molecule has 2 aliphatic rings. The van der Waals surface area contributed by atoms with Crippen molar-refractivity contribution in [1.29, 1.82) is 0 Å². The van der Waals surface area contributed by atoms with E-state index >= 15 is 0 Å². The number of para-hydroxylation sites is 1. The lowest BCUT2D eigenvalue weighted by Gasteiger charge is -2.34. The number of rotatable bonds is 19. The number of hydrogen-bond donors (Lipinski definition) is 6. The number of carbonyl (C=O) groups excluding carboxylic acids is 7. The largest absolute Gasteiger partial charge is 0.449 e. The standard InChI is InChI=1S/C43H56N8O10S/c1-4-13-31(38(53)41(56)46-23-34(52)48-36(39(44)54)28-14-7-5-8-15-28)47-40(55)32-22-30(50-62(59,60)33-20-11-18-27-19-12-21-45-35(27)33)24-51(32)42(57)37(29-16-9-6-10-17-29)49-43(58)61-25-26(2)3/h5,7-8,11-12,14-15,18-21,26,29-32,36-37,50H,4,6,9-10,13,16-17,22-25H2,1-3H3,(H2,44,54)(H,46,56)(H,47,55)(H,48,52)(H,49,58)/t30?,31?,32-,36+,37+/m0/s1. The third-order valence-electron chi connectivity index (χ3n) is 10.9. The van der Waals surface area contributed by atoms with Gasteiger partial charge in [-0.1, -0.05) is 95.0 Å². The van der Waals surface area contributed by atoms with Crippen LogP contribution >= 0.6 is 0 Å². The molecule has 7 N–H and O–H groups in total. The summed E-state index contributed by atoms with van der Waals surface area (Å²) in [6.07, 6.45) is 4.59. The average Bonchev–Trinajstić information content (AvgIpc) is 3.68. The van der Waals surface area contributed by atoms with Gasteiger partial charge >= 0.3 is 6.09 Å². The first-order valence-electron chi connectivity index (χ1n) is 20.9. The third-order valence-corrected chi connectivity index (χ3v) is 12.4. The number of pyridine rings is 1. The fraction of sp³-hybridized carbons (Fsp3) is 0.488. The summed E-state index contributed by atoms with van der Waals surface area (Å²) >= 11 is 0. The predicted molar refractivity (Wildman–Crippen MR) is 227 cm³/mol. The highest BCUT2D eigenvalue weighted by atomic mass is 32.2. The number of ketones is 1. The molecule has 1 aromatic heterocycles. The molecule has 2 aromatic carbocycles. The highest BCUT2D eigenvalue weighted by molar-refractivity contribution is 7.89. The molecule has 6 amide bonds. The van der Waals surface area contributed by atoms with E-state index in [0.717, 1.165) is 19.3 Å². The smallest absolute Gasteiger partial charge is 0.407 e. The molecule has 18 nitrogen and oxygen atoms in total. The number of likely N-dealkylation sites (tertiary alicyclic amines) is 1. The molecule has 2 heterocycles. The monoisotopic (exact) mass is 876 g/mol. The molecule has 19 heteroatoms. The van der Waals surface area contributed by atoms with Crippen molar-refractivity contribution in [3.05, 3.63) is 72.4 Å². The normalized spacial score (nSPS) is 18.3. The van der Waals surface area contributed by atoms with Crippen LogP contribution in [0.4, 0.5) is 4.79 Å². The van der Waals surface area contributed by atoms with E-state index in [-0.39, 0.29) is 48.2 Å². The van der Waals surface area contributed by atoms with Crippen LogP contribution in [0.5, 0.6) is 0 Å². The number of nitrogens with one attached hydrogen (secondary N) is 5. The van der Waals surface area contributed by atoms with Crippen LogP contribution in [0.1, 0.15) is 83.7 Å². The van der Waals surface area contributed by atoms with Gasteiger partial charge in [0.25, 0.3) is 5.91 Å². The predicted octanol–water partition coefficient (Wildman–Crippen LogP) is 2.13. The second-order valence-corrected chi connectivity index (χ2v) is 17.8. The van der Waals surface area contributed by atoms with Crippen LogP contribution in [0, 0.1) is 11.8 Å². The lowest BCUT2D eigenvalue weighted by atomic mass is 9.83. The molecule has 2 fully saturated rings. The van der Waals surface area contributed by atoms with E-state index in [9.17, 15) is 42.0 Å². The maximum Gasteiger partial charge on any atom is 0.407 e. The van der Waals surface area contributed by atoms with E-state index in [1.807, 2.05) is 13.8 Å². The van der Waals surface area contributed by atoms with Crippen molar-refractivity contribution in [2.24, 2.45) is 17.6 Å². The van der Waals surface area contributed by atoms with E-state index in [1.165, 1.54) is 17.2 Å². The SMILES string of the molecule is CCCC(NC(=O)[C@@H]1CC(NS(=O)(=O)c2cccc3cccnc23)CN1C(=O)[C@H](NC(=O)OCC(C)C)C1CCCCC1)C(=O)C(=O)NCC(=O)N[C@@H](C(N)=O)c1ccccc1. The number of Topliss-reactive ketones (excluding diaryl/α,β-unsaturated/α-hetero) is 1. The van der Waals surface area contributed by atoms with E-state index in [1.54, 1.807) is 61.5 Å². The Morgan fingerprint density at radius 1 is 0.903 bits per heavy atom. The summed E-state index contributed by atoms with van der Waals surface area (Å²) in [4.78, 5) is 99.0. The number of carbonyl (C=O) groups is 7. The van der Waals surface area contributed by atoms with Gasteiger partial charge in [0, 0.05) is 24.2 Å². The summed E-state index contributed by atoms with van der Waals surface area (Å²) < 4.78 is 35.9. The van der Waals surface area contributed by atoms with Crippen LogP contribution in [0.15, 0.2) is 71.8 Å². The zero-order valence-electron chi connectivity index (χ0n) is 35.1. The molecule has 1 saturated carbocycles. The van der Waals surface area contributed by atoms with E-state index in [2.05, 4.69) is 31.0 Å². The Bertz CT molecular complexity index is 2210. The van der Waals surface area contributed by atoms with Crippen molar-refractivity contribution >= 4 is 62.3 Å². The maximum atomic E-state index is 14.7. The first-order valence-corrected chi connectivity index (χ1v) is 22.4. The third kappa shape index (κ3) is 12.3. The van der Waals surface area contributed by atoms with Crippen LogP contribution in [0.3, 0.4) is 0 Å². The molecule has 62 heavy (non-hydrogen) atoms. The molecule has 334 valence electrons. The minimum absolute atomic E-state index is 0.000693. The Morgan fingerprint density at radius 3 is 2.29 bits per heavy atom. The Kier molecular flexibility index (Phi) is 16.5. The number of benzene rings is 2. The molecule has 5 rings (SSSR count). The van der Waals surface area contributed by atoms with Crippen molar-refractivity contribution in [1.82, 2.24) is 35.9 Å². The summed E-state index contributed by atoms with van der Waals surface area (Å²) in [6.45, 7) is 4.60. The number of nitrogens with two attached hydrogens (primary N) is 1. The lowest BCUT2D eigenvalue weighted by molar-refractivity contribution is -0.143. The van der Waals surface area contributed by atoms with E-state index in [4.69, 9.17) is 10.5 Å². The fourth-order valence-corrected chi connectivity index (χ4v) is 9.25. The number of ether oxygens (including phenoxy) is 1. The molecule has 3 aromatic rings. The second kappa shape index (κ2) is 21.7. The van der Waals surface area contributed by atoms with Crippen LogP contribution in [-0.2, 0) is 43.5 Å². The Hall–Kier alpha value is -5.95. The van der Waals surface area contributed by atoms with Crippen molar-refractivity contribution in [2.75, 3.05) is 19.7 Å². The lowest BCUT2D eigenvalue weighted by Crippen LogP contribution is -2.58. The van der Waals surface area contributed by atoms with Gasteiger partial charge in [-0.25, -0.2) is 17.9 Å². The van der Waals surface area contributed by atoms with Crippen LogP contribution in [0.25, 0.3) is 10.9 Å². The van der Waals surface area contributed by atoms with Crippen molar-refractivity contribution < 1.29 is 46.7 Å². The van der Waals surface area contributed by atoms with Gasteiger partial charge in [-0.2, -0.15) is 0 Å². The van der Waals surface area contributed by atoms with Crippen molar-refractivity contribution in [2.45, 2.75) is 107 Å². The molecule has 0 radical (unpaired) electrons. The number of amides is 6. The molecule has 0 spiro atoms.